The first-order chi connectivity index (χ1) is 8.01. The van der Waals surface area contributed by atoms with Crippen molar-refractivity contribution in [1.29, 1.82) is 5.41 Å². The molecule has 17 heavy (non-hydrogen) atoms. The number of aryl methyl sites for hydroxylation is 1. The van der Waals surface area contributed by atoms with Gasteiger partial charge in [-0.25, -0.2) is 0 Å². The highest BCUT2D eigenvalue weighted by atomic mass is 15.1. The first-order valence-electron chi connectivity index (χ1n) is 6.19. The fourth-order valence-electron chi connectivity index (χ4n) is 2.22. The molecule has 0 heterocycles. The van der Waals surface area contributed by atoms with Gasteiger partial charge in [-0.2, -0.15) is 0 Å². The number of benzene rings is 1. The van der Waals surface area contributed by atoms with Crippen molar-refractivity contribution < 1.29 is 0 Å². The summed E-state index contributed by atoms with van der Waals surface area (Å²) in [5.74, 6) is 0.138. The molecule has 0 aromatic heterocycles. The third kappa shape index (κ3) is 2.99. The number of nitrogens with two attached hydrogens (primary N) is 1. The van der Waals surface area contributed by atoms with E-state index in [1.807, 2.05) is 19.1 Å². The Kier molecular flexibility index (Phi) is 4.55. The smallest absolute Gasteiger partial charge is 0.123 e. The summed E-state index contributed by atoms with van der Waals surface area (Å²) in [5.41, 5.74) is 8.61. The summed E-state index contributed by atoms with van der Waals surface area (Å²) in [4.78, 5) is 2.30. The van der Waals surface area contributed by atoms with Crippen molar-refractivity contribution in [2.45, 2.75) is 39.7 Å². The molecule has 1 rings (SSSR count). The molecule has 1 aromatic rings. The molecule has 1 aromatic carbocycles. The zero-order valence-corrected chi connectivity index (χ0v) is 11.2. The van der Waals surface area contributed by atoms with Crippen LogP contribution in [0.3, 0.4) is 0 Å². The molecule has 3 N–H and O–H groups in total. The van der Waals surface area contributed by atoms with Gasteiger partial charge in [0.2, 0.25) is 0 Å². The van der Waals surface area contributed by atoms with Crippen molar-refractivity contribution in [3.63, 3.8) is 0 Å². The van der Waals surface area contributed by atoms with Gasteiger partial charge in [-0.1, -0.05) is 13.8 Å². The van der Waals surface area contributed by atoms with Crippen molar-refractivity contribution in [3.05, 3.63) is 29.3 Å². The maximum atomic E-state index is 7.48. The van der Waals surface area contributed by atoms with E-state index in [0.29, 0.717) is 6.04 Å². The highest BCUT2D eigenvalue weighted by molar-refractivity contribution is 5.96. The second-order valence-electron chi connectivity index (χ2n) is 4.49. The maximum Gasteiger partial charge on any atom is 0.123 e. The van der Waals surface area contributed by atoms with Crippen LogP contribution in [0.4, 0.5) is 5.69 Å². The summed E-state index contributed by atoms with van der Waals surface area (Å²) in [6.45, 7) is 6.42. The normalized spacial score (nSPS) is 10.6. The Hall–Kier alpha value is -1.51. The lowest BCUT2D eigenvalue weighted by Crippen LogP contribution is -2.30. The topological polar surface area (TPSA) is 53.1 Å². The molecule has 3 heteroatoms. The molecule has 3 nitrogen and oxygen atoms in total. The summed E-state index contributed by atoms with van der Waals surface area (Å²) in [6.07, 6.45) is 2.28. The molecular formula is C14H23N3. The Morgan fingerprint density at radius 3 is 2.35 bits per heavy atom. The minimum atomic E-state index is 0.138. The molecule has 0 aliphatic carbocycles. The monoisotopic (exact) mass is 233 g/mol. The number of nitrogens with zero attached hydrogens (tertiary/aromatic N) is 1. The second-order valence-corrected chi connectivity index (χ2v) is 4.49. The molecule has 0 aliphatic heterocycles. The van der Waals surface area contributed by atoms with Gasteiger partial charge in [0.25, 0.3) is 0 Å². The summed E-state index contributed by atoms with van der Waals surface area (Å²) in [5, 5.41) is 7.48. The van der Waals surface area contributed by atoms with Crippen molar-refractivity contribution >= 4 is 11.5 Å². The molecular weight excluding hydrogens is 210 g/mol. The van der Waals surface area contributed by atoms with Gasteiger partial charge in [0, 0.05) is 24.3 Å². The van der Waals surface area contributed by atoms with E-state index in [2.05, 4.69) is 31.9 Å². The van der Waals surface area contributed by atoms with E-state index in [0.717, 1.165) is 24.0 Å². The van der Waals surface area contributed by atoms with Gasteiger partial charge in [-0.3, -0.25) is 5.41 Å². The lowest BCUT2D eigenvalue weighted by molar-refractivity contribution is 0.591. The molecule has 0 spiro atoms. The predicted molar refractivity (Wildman–Crippen MR) is 75.0 cm³/mol. The van der Waals surface area contributed by atoms with Crippen LogP contribution in [0.25, 0.3) is 0 Å². The Balaban J connectivity index is 3.00. The molecule has 0 saturated heterocycles. The summed E-state index contributed by atoms with van der Waals surface area (Å²) in [7, 11) is 2.12. The molecule has 0 fully saturated rings. The van der Waals surface area contributed by atoms with Crippen molar-refractivity contribution in [2.75, 3.05) is 11.9 Å². The van der Waals surface area contributed by atoms with E-state index < -0.39 is 0 Å². The van der Waals surface area contributed by atoms with E-state index in [9.17, 15) is 0 Å². The standard InChI is InChI=1S/C14H23N3/c1-5-11(6-2)17(4)12-7-8-13(14(15)16)10(3)9-12/h7-9,11H,5-6H2,1-4H3,(H3,15,16). The van der Waals surface area contributed by atoms with Crippen LogP contribution in [0.1, 0.15) is 37.8 Å². The van der Waals surface area contributed by atoms with E-state index in [-0.39, 0.29) is 5.84 Å². The first kappa shape index (κ1) is 13.6. The summed E-state index contributed by atoms with van der Waals surface area (Å²) in [6, 6.07) is 6.65. The summed E-state index contributed by atoms with van der Waals surface area (Å²) >= 11 is 0. The van der Waals surface area contributed by atoms with Crippen LogP contribution < -0.4 is 10.6 Å². The van der Waals surface area contributed by atoms with E-state index in [1.165, 1.54) is 5.69 Å². The van der Waals surface area contributed by atoms with Crippen molar-refractivity contribution in [3.8, 4) is 0 Å². The Labute approximate surface area is 104 Å². The van der Waals surface area contributed by atoms with Gasteiger partial charge in [0.05, 0.1) is 0 Å². The Morgan fingerprint density at radius 2 is 1.94 bits per heavy atom. The quantitative estimate of drug-likeness (QED) is 0.607. The van der Waals surface area contributed by atoms with Crippen molar-refractivity contribution in [1.82, 2.24) is 0 Å². The number of anilines is 1. The van der Waals surface area contributed by atoms with Crippen LogP contribution in [0.15, 0.2) is 18.2 Å². The maximum absolute atomic E-state index is 7.48. The molecule has 0 saturated carbocycles. The molecule has 0 amide bonds. The highest BCUT2D eigenvalue weighted by Gasteiger charge is 2.12. The minimum absolute atomic E-state index is 0.138. The van der Waals surface area contributed by atoms with Gasteiger partial charge in [-0.05, 0) is 43.5 Å². The zero-order valence-electron chi connectivity index (χ0n) is 11.2. The van der Waals surface area contributed by atoms with E-state index in [1.54, 1.807) is 0 Å². The molecule has 0 unspecified atom stereocenters. The van der Waals surface area contributed by atoms with Gasteiger partial charge < -0.3 is 10.6 Å². The van der Waals surface area contributed by atoms with Crippen LogP contribution in [0.2, 0.25) is 0 Å². The number of hydrogen-bond donors (Lipinski definition) is 2. The van der Waals surface area contributed by atoms with E-state index in [4.69, 9.17) is 11.1 Å². The number of hydrogen-bond acceptors (Lipinski definition) is 2. The van der Waals surface area contributed by atoms with Gasteiger partial charge in [0.15, 0.2) is 0 Å². The van der Waals surface area contributed by atoms with E-state index >= 15 is 0 Å². The molecule has 0 bridgehead atoms. The lowest BCUT2D eigenvalue weighted by atomic mass is 10.0. The number of rotatable bonds is 5. The average Bonchev–Trinajstić information content (AvgIpc) is 2.29. The summed E-state index contributed by atoms with van der Waals surface area (Å²) < 4.78 is 0. The fraction of sp³-hybridized carbons (Fsp3) is 0.500. The Bertz CT molecular complexity index is 394. The highest BCUT2D eigenvalue weighted by Crippen LogP contribution is 2.21. The van der Waals surface area contributed by atoms with Gasteiger partial charge >= 0.3 is 0 Å². The molecule has 0 radical (unpaired) electrons. The van der Waals surface area contributed by atoms with Crippen molar-refractivity contribution in [2.24, 2.45) is 5.73 Å². The largest absolute Gasteiger partial charge is 0.384 e. The third-order valence-corrected chi connectivity index (χ3v) is 3.40. The zero-order chi connectivity index (χ0) is 13.0. The van der Waals surface area contributed by atoms with Crippen LogP contribution in [-0.2, 0) is 0 Å². The van der Waals surface area contributed by atoms with Crippen LogP contribution >= 0.6 is 0 Å². The predicted octanol–water partition coefficient (Wildman–Crippen LogP) is 2.90. The molecule has 94 valence electrons. The van der Waals surface area contributed by atoms with Gasteiger partial charge in [-0.15, -0.1) is 0 Å². The number of nitrogens with one attached hydrogen (secondary N) is 1. The number of nitrogen functional groups attached to an aromatic ring is 1. The average molecular weight is 233 g/mol. The molecule has 0 aliphatic rings. The van der Waals surface area contributed by atoms with Crippen LogP contribution in [-0.4, -0.2) is 18.9 Å². The second kappa shape index (κ2) is 5.71. The first-order valence-corrected chi connectivity index (χ1v) is 6.19. The SMILES string of the molecule is CCC(CC)N(C)c1ccc(C(=N)N)c(C)c1. The fourth-order valence-corrected chi connectivity index (χ4v) is 2.22. The minimum Gasteiger partial charge on any atom is -0.384 e. The molecule has 0 atom stereocenters. The van der Waals surface area contributed by atoms with Crippen LogP contribution in [0, 0.1) is 12.3 Å². The Morgan fingerprint density at radius 1 is 1.35 bits per heavy atom. The number of amidine groups is 1. The lowest BCUT2D eigenvalue weighted by Gasteiger charge is -2.29. The van der Waals surface area contributed by atoms with Gasteiger partial charge in [0.1, 0.15) is 5.84 Å². The van der Waals surface area contributed by atoms with Crippen LogP contribution in [0.5, 0.6) is 0 Å². The third-order valence-electron chi connectivity index (χ3n) is 3.40.